The number of rotatable bonds is 4. The summed E-state index contributed by atoms with van der Waals surface area (Å²) in [6.07, 6.45) is 10.5. The maximum atomic E-state index is 12.8. The van der Waals surface area contributed by atoms with E-state index in [4.69, 9.17) is 0 Å². The molecule has 0 atom stereocenters. The van der Waals surface area contributed by atoms with Gasteiger partial charge in [-0.3, -0.25) is 4.98 Å². The molecule has 3 rings (SSSR count). The summed E-state index contributed by atoms with van der Waals surface area (Å²) in [6, 6.07) is 0.159. The van der Waals surface area contributed by atoms with Crippen LogP contribution in [0.3, 0.4) is 0 Å². The van der Waals surface area contributed by atoms with Crippen LogP contribution in [0.25, 0.3) is 0 Å². The lowest BCUT2D eigenvalue weighted by molar-refractivity contribution is 0.259. The van der Waals surface area contributed by atoms with E-state index in [1.807, 2.05) is 0 Å². The van der Waals surface area contributed by atoms with Gasteiger partial charge in [0.1, 0.15) is 5.82 Å². The lowest BCUT2D eigenvalue weighted by Crippen LogP contribution is -2.54. The Morgan fingerprint density at radius 1 is 1.09 bits per heavy atom. The highest BCUT2D eigenvalue weighted by Crippen LogP contribution is 2.25. The molecule has 0 radical (unpaired) electrons. The van der Waals surface area contributed by atoms with Crippen LogP contribution >= 0.6 is 0 Å². The van der Waals surface area contributed by atoms with Crippen LogP contribution in [0, 0.1) is 0 Å². The molecule has 2 fully saturated rings. The van der Waals surface area contributed by atoms with Crippen molar-refractivity contribution in [2.75, 3.05) is 38.1 Å². The van der Waals surface area contributed by atoms with Crippen molar-refractivity contribution in [3.05, 3.63) is 18.6 Å². The quantitative estimate of drug-likeness (QED) is 0.822. The van der Waals surface area contributed by atoms with Crippen LogP contribution in [-0.2, 0) is 10.2 Å². The van der Waals surface area contributed by atoms with Gasteiger partial charge in [-0.2, -0.15) is 17.0 Å². The summed E-state index contributed by atoms with van der Waals surface area (Å²) in [7, 11) is -1.63. The van der Waals surface area contributed by atoms with Crippen molar-refractivity contribution in [1.82, 2.24) is 18.6 Å². The van der Waals surface area contributed by atoms with Crippen LogP contribution in [0.15, 0.2) is 18.6 Å². The smallest absolute Gasteiger partial charge is 0.282 e. The van der Waals surface area contributed by atoms with Gasteiger partial charge < -0.3 is 4.90 Å². The minimum absolute atomic E-state index is 0.159. The summed E-state index contributed by atoms with van der Waals surface area (Å²) >= 11 is 0. The third kappa shape index (κ3) is 3.64. The van der Waals surface area contributed by atoms with Gasteiger partial charge in [-0.25, -0.2) is 4.98 Å². The van der Waals surface area contributed by atoms with Gasteiger partial charge in [0.15, 0.2) is 0 Å². The summed E-state index contributed by atoms with van der Waals surface area (Å²) in [4.78, 5) is 10.4. The van der Waals surface area contributed by atoms with Crippen molar-refractivity contribution in [1.29, 1.82) is 0 Å². The van der Waals surface area contributed by atoms with Crippen molar-refractivity contribution in [2.45, 2.75) is 38.1 Å². The molecule has 1 aliphatic carbocycles. The molecule has 2 heterocycles. The number of hydrogen-bond acceptors (Lipinski definition) is 5. The number of piperazine rings is 1. The minimum Gasteiger partial charge on any atom is -0.353 e. The molecule has 1 saturated heterocycles. The van der Waals surface area contributed by atoms with Gasteiger partial charge in [0, 0.05) is 51.7 Å². The van der Waals surface area contributed by atoms with E-state index in [1.54, 1.807) is 34.2 Å². The molecule has 7 nitrogen and oxygen atoms in total. The van der Waals surface area contributed by atoms with E-state index in [0.717, 1.165) is 31.5 Å². The van der Waals surface area contributed by atoms with E-state index >= 15 is 0 Å². The summed E-state index contributed by atoms with van der Waals surface area (Å²) in [5.74, 6) is 0.810. The molecule has 2 aliphatic rings. The van der Waals surface area contributed by atoms with Gasteiger partial charge in [-0.1, -0.05) is 19.3 Å². The van der Waals surface area contributed by atoms with E-state index in [0.29, 0.717) is 26.2 Å². The first-order valence-corrected chi connectivity index (χ1v) is 9.73. The molecular formula is C15H25N5O2S. The van der Waals surface area contributed by atoms with Crippen LogP contribution in [0.1, 0.15) is 32.1 Å². The van der Waals surface area contributed by atoms with Crippen LogP contribution in [0.2, 0.25) is 0 Å². The topological polar surface area (TPSA) is 69.6 Å². The summed E-state index contributed by atoms with van der Waals surface area (Å²) in [5, 5.41) is 0. The molecule has 1 saturated carbocycles. The Kier molecular flexibility index (Phi) is 5.13. The highest BCUT2D eigenvalue weighted by molar-refractivity contribution is 7.86. The Morgan fingerprint density at radius 2 is 1.78 bits per heavy atom. The van der Waals surface area contributed by atoms with Crippen LogP contribution in [0.5, 0.6) is 0 Å². The third-order valence-electron chi connectivity index (χ3n) is 4.89. The molecule has 0 unspecified atom stereocenters. The molecule has 8 heteroatoms. The van der Waals surface area contributed by atoms with Gasteiger partial charge in [0.2, 0.25) is 0 Å². The molecule has 0 N–H and O–H groups in total. The lowest BCUT2D eigenvalue weighted by atomic mass is 9.96. The maximum absolute atomic E-state index is 12.8. The second-order valence-corrected chi connectivity index (χ2v) is 8.25. The van der Waals surface area contributed by atoms with Crippen molar-refractivity contribution < 1.29 is 8.42 Å². The molecule has 0 aromatic carbocycles. The zero-order valence-electron chi connectivity index (χ0n) is 13.6. The average molecular weight is 339 g/mol. The predicted molar refractivity (Wildman–Crippen MR) is 89.4 cm³/mol. The molecule has 128 valence electrons. The van der Waals surface area contributed by atoms with Gasteiger partial charge in [0.05, 0.1) is 6.20 Å². The zero-order chi connectivity index (χ0) is 16.3. The predicted octanol–water partition coefficient (Wildman–Crippen LogP) is 1.11. The largest absolute Gasteiger partial charge is 0.353 e. The minimum atomic E-state index is -3.36. The zero-order valence-corrected chi connectivity index (χ0v) is 14.5. The monoisotopic (exact) mass is 339 g/mol. The summed E-state index contributed by atoms with van der Waals surface area (Å²) in [5.41, 5.74) is 0. The fourth-order valence-electron chi connectivity index (χ4n) is 3.42. The molecule has 23 heavy (non-hydrogen) atoms. The third-order valence-corrected chi connectivity index (χ3v) is 6.94. The lowest BCUT2D eigenvalue weighted by Gasteiger charge is -2.38. The van der Waals surface area contributed by atoms with Crippen molar-refractivity contribution in [3.8, 4) is 0 Å². The molecule has 1 aromatic heterocycles. The Bertz CT molecular complexity index is 596. The fourth-order valence-corrected chi connectivity index (χ4v) is 4.99. The molecule has 0 spiro atoms. The first-order chi connectivity index (χ1) is 11.1. The van der Waals surface area contributed by atoms with E-state index in [2.05, 4.69) is 14.9 Å². The van der Waals surface area contributed by atoms with E-state index in [-0.39, 0.29) is 6.04 Å². The number of aromatic nitrogens is 2. The summed E-state index contributed by atoms with van der Waals surface area (Å²) < 4.78 is 28.9. The maximum Gasteiger partial charge on any atom is 0.282 e. The number of anilines is 1. The van der Waals surface area contributed by atoms with Crippen molar-refractivity contribution >= 4 is 16.0 Å². The first kappa shape index (κ1) is 16.6. The van der Waals surface area contributed by atoms with Gasteiger partial charge >= 0.3 is 0 Å². The van der Waals surface area contributed by atoms with E-state index < -0.39 is 10.2 Å². The molecular weight excluding hydrogens is 314 g/mol. The Hall–Kier alpha value is -1.25. The van der Waals surface area contributed by atoms with E-state index in [9.17, 15) is 8.42 Å². The molecule has 0 bridgehead atoms. The van der Waals surface area contributed by atoms with Gasteiger partial charge in [-0.15, -0.1) is 0 Å². The second kappa shape index (κ2) is 7.11. The van der Waals surface area contributed by atoms with Crippen molar-refractivity contribution in [2.24, 2.45) is 0 Å². The molecule has 1 aliphatic heterocycles. The molecule has 0 amide bonds. The highest BCUT2D eigenvalue weighted by Gasteiger charge is 2.34. The fraction of sp³-hybridized carbons (Fsp3) is 0.733. The van der Waals surface area contributed by atoms with Crippen molar-refractivity contribution in [3.63, 3.8) is 0 Å². The Balaban J connectivity index is 1.61. The number of nitrogens with zero attached hydrogens (tertiary/aromatic N) is 5. The van der Waals surface area contributed by atoms with Crippen LogP contribution < -0.4 is 4.90 Å². The average Bonchev–Trinajstić information content (AvgIpc) is 2.62. The summed E-state index contributed by atoms with van der Waals surface area (Å²) in [6.45, 7) is 2.29. The van der Waals surface area contributed by atoms with Gasteiger partial charge in [-0.05, 0) is 12.8 Å². The van der Waals surface area contributed by atoms with Crippen LogP contribution in [-0.4, -0.2) is 66.3 Å². The molecule has 1 aromatic rings. The highest BCUT2D eigenvalue weighted by atomic mass is 32.2. The first-order valence-electron chi connectivity index (χ1n) is 8.33. The van der Waals surface area contributed by atoms with Crippen LogP contribution in [0.4, 0.5) is 5.82 Å². The van der Waals surface area contributed by atoms with E-state index in [1.165, 1.54) is 6.42 Å². The van der Waals surface area contributed by atoms with Gasteiger partial charge in [0.25, 0.3) is 10.2 Å². The standard InChI is InChI=1S/C15H25N5O2S/c1-18(14-5-3-2-4-6-14)23(21,22)20-11-9-19(10-12-20)15-13-16-7-8-17-15/h7-8,13-14H,2-6,9-12H2,1H3. The normalized spacial score (nSPS) is 21.7. The Morgan fingerprint density at radius 3 is 2.39 bits per heavy atom. The Labute approximate surface area is 138 Å². The second-order valence-electron chi connectivity index (χ2n) is 6.27. The number of hydrogen-bond donors (Lipinski definition) is 0. The SMILES string of the molecule is CN(C1CCCCC1)S(=O)(=O)N1CCN(c2cnccn2)CC1.